The summed E-state index contributed by atoms with van der Waals surface area (Å²) >= 11 is 0. The van der Waals surface area contributed by atoms with Crippen LogP contribution in [0.2, 0.25) is 0 Å². The smallest absolute Gasteiger partial charge is 0.392 e. The van der Waals surface area contributed by atoms with Crippen LogP contribution in [0.25, 0.3) is 0 Å². The Bertz CT molecular complexity index is 403. The molecule has 0 heterocycles. The zero-order valence-corrected chi connectivity index (χ0v) is 7.81. The van der Waals surface area contributed by atoms with Gasteiger partial charge in [-0.25, -0.2) is 4.39 Å². The Labute approximate surface area is 87.7 Å². The van der Waals surface area contributed by atoms with Gasteiger partial charge < -0.3 is 10.4 Å². The van der Waals surface area contributed by atoms with Gasteiger partial charge in [-0.15, -0.1) is 0 Å². The SMILES string of the molecule is O=C(Nc1cc(CO)ccc1F)C(F)(F)F. The maximum Gasteiger partial charge on any atom is 0.471 e. The molecule has 0 saturated heterocycles. The van der Waals surface area contributed by atoms with Crippen LogP contribution < -0.4 is 5.32 Å². The van der Waals surface area contributed by atoms with Gasteiger partial charge in [0.15, 0.2) is 0 Å². The molecule has 1 aromatic carbocycles. The third-order valence-corrected chi connectivity index (χ3v) is 1.72. The van der Waals surface area contributed by atoms with Gasteiger partial charge in [0, 0.05) is 0 Å². The van der Waals surface area contributed by atoms with E-state index in [1.54, 1.807) is 0 Å². The van der Waals surface area contributed by atoms with Crippen molar-refractivity contribution in [3.05, 3.63) is 29.6 Å². The van der Waals surface area contributed by atoms with Gasteiger partial charge in [0.25, 0.3) is 0 Å². The minimum atomic E-state index is -5.08. The van der Waals surface area contributed by atoms with E-state index in [1.807, 2.05) is 0 Å². The molecule has 2 N–H and O–H groups in total. The Hall–Kier alpha value is -1.63. The Morgan fingerprint density at radius 3 is 2.50 bits per heavy atom. The van der Waals surface area contributed by atoms with Crippen molar-refractivity contribution in [1.29, 1.82) is 0 Å². The van der Waals surface area contributed by atoms with Crippen LogP contribution >= 0.6 is 0 Å². The molecule has 0 atom stereocenters. The lowest BCUT2D eigenvalue weighted by atomic mass is 10.2. The van der Waals surface area contributed by atoms with Crippen LogP contribution in [0.4, 0.5) is 23.2 Å². The molecule has 0 saturated carbocycles. The number of benzene rings is 1. The number of aliphatic hydroxyl groups excluding tert-OH is 1. The fraction of sp³-hybridized carbons (Fsp3) is 0.222. The number of aliphatic hydroxyl groups is 1. The Morgan fingerprint density at radius 1 is 1.38 bits per heavy atom. The van der Waals surface area contributed by atoms with Crippen molar-refractivity contribution in [3.8, 4) is 0 Å². The highest BCUT2D eigenvalue weighted by Gasteiger charge is 2.39. The third-order valence-electron chi connectivity index (χ3n) is 1.72. The predicted octanol–water partition coefficient (Wildman–Crippen LogP) is 1.82. The Morgan fingerprint density at radius 2 is 2.00 bits per heavy atom. The normalized spacial score (nSPS) is 11.3. The van der Waals surface area contributed by atoms with Crippen molar-refractivity contribution < 1.29 is 27.5 Å². The molecule has 0 unspecified atom stereocenters. The second-order valence-corrected chi connectivity index (χ2v) is 2.92. The first kappa shape index (κ1) is 12.4. The van der Waals surface area contributed by atoms with Crippen LogP contribution in [0.3, 0.4) is 0 Å². The molecular weight excluding hydrogens is 230 g/mol. The van der Waals surface area contributed by atoms with E-state index < -0.39 is 30.2 Å². The molecule has 0 aliphatic carbocycles. The van der Waals surface area contributed by atoms with Crippen LogP contribution in [0.15, 0.2) is 18.2 Å². The number of hydrogen-bond acceptors (Lipinski definition) is 2. The van der Waals surface area contributed by atoms with E-state index in [4.69, 9.17) is 5.11 Å². The van der Waals surface area contributed by atoms with Crippen LogP contribution in [-0.4, -0.2) is 17.2 Å². The summed E-state index contributed by atoms with van der Waals surface area (Å²) in [6, 6.07) is 2.98. The van der Waals surface area contributed by atoms with E-state index in [9.17, 15) is 22.4 Å². The summed E-state index contributed by atoms with van der Waals surface area (Å²) in [6.45, 7) is -0.463. The van der Waals surface area contributed by atoms with Crippen molar-refractivity contribution in [1.82, 2.24) is 0 Å². The summed E-state index contributed by atoms with van der Waals surface area (Å²) in [5, 5.41) is 10.1. The highest BCUT2D eigenvalue weighted by Crippen LogP contribution is 2.21. The zero-order valence-electron chi connectivity index (χ0n) is 7.81. The molecule has 3 nitrogen and oxygen atoms in total. The van der Waals surface area contributed by atoms with E-state index in [-0.39, 0.29) is 5.56 Å². The molecule has 0 bridgehead atoms. The predicted molar refractivity (Wildman–Crippen MR) is 47.0 cm³/mol. The van der Waals surface area contributed by atoms with E-state index in [0.717, 1.165) is 12.1 Å². The number of anilines is 1. The van der Waals surface area contributed by atoms with E-state index in [2.05, 4.69) is 0 Å². The van der Waals surface area contributed by atoms with Crippen LogP contribution in [0.1, 0.15) is 5.56 Å². The number of rotatable bonds is 2. The number of carbonyl (C=O) groups excluding carboxylic acids is 1. The van der Waals surface area contributed by atoms with Gasteiger partial charge >= 0.3 is 12.1 Å². The summed E-state index contributed by atoms with van der Waals surface area (Å²) < 4.78 is 48.6. The van der Waals surface area contributed by atoms with Gasteiger partial charge in [-0.2, -0.15) is 13.2 Å². The highest BCUT2D eigenvalue weighted by atomic mass is 19.4. The monoisotopic (exact) mass is 237 g/mol. The molecule has 88 valence electrons. The molecule has 1 aromatic rings. The lowest BCUT2D eigenvalue weighted by Crippen LogP contribution is -2.30. The summed E-state index contributed by atoms with van der Waals surface area (Å²) in [7, 11) is 0. The molecule has 0 aliphatic rings. The first-order valence-corrected chi connectivity index (χ1v) is 4.12. The average Bonchev–Trinajstić information content (AvgIpc) is 2.19. The van der Waals surface area contributed by atoms with Gasteiger partial charge in [0.1, 0.15) is 5.82 Å². The minimum Gasteiger partial charge on any atom is -0.392 e. The van der Waals surface area contributed by atoms with Crippen LogP contribution in [0.5, 0.6) is 0 Å². The topological polar surface area (TPSA) is 49.3 Å². The fourth-order valence-corrected chi connectivity index (χ4v) is 0.960. The number of hydrogen-bond donors (Lipinski definition) is 2. The quantitative estimate of drug-likeness (QED) is 0.771. The molecular formula is C9H7F4NO2. The van der Waals surface area contributed by atoms with Crippen LogP contribution in [0, 0.1) is 5.82 Å². The molecule has 1 rings (SSSR count). The number of alkyl halides is 3. The Kier molecular flexibility index (Phi) is 3.48. The van der Waals surface area contributed by atoms with Crippen LogP contribution in [-0.2, 0) is 11.4 Å². The molecule has 16 heavy (non-hydrogen) atoms. The molecule has 0 fully saturated rings. The lowest BCUT2D eigenvalue weighted by Gasteiger charge is -2.09. The summed E-state index contributed by atoms with van der Waals surface area (Å²) in [5.74, 6) is -3.27. The number of carbonyl (C=O) groups is 1. The van der Waals surface area contributed by atoms with Crippen molar-refractivity contribution >= 4 is 11.6 Å². The zero-order chi connectivity index (χ0) is 12.3. The largest absolute Gasteiger partial charge is 0.471 e. The van der Waals surface area contributed by atoms with Crippen molar-refractivity contribution in [3.63, 3.8) is 0 Å². The van der Waals surface area contributed by atoms with Crippen molar-refractivity contribution in [2.75, 3.05) is 5.32 Å². The van der Waals surface area contributed by atoms with E-state index in [1.165, 1.54) is 11.4 Å². The maximum atomic E-state index is 13.0. The molecule has 7 heteroatoms. The first-order valence-electron chi connectivity index (χ1n) is 4.12. The van der Waals surface area contributed by atoms with Gasteiger partial charge in [0.2, 0.25) is 0 Å². The summed E-state index contributed by atoms with van der Waals surface area (Å²) in [4.78, 5) is 10.5. The molecule has 1 amide bonds. The number of amides is 1. The summed E-state index contributed by atoms with van der Waals surface area (Å²) in [6.07, 6.45) is -5.08. The molecule has 0 radical (unpaired) electrons. The standard InChI is InChI=1S/C9H7F4NO2/c10-6-2-1-5(4-15)3-7(6)14-8(16)9(11,12)13/h1-3,15H,4H2,(H,14,16). The van der Waals surface area contributed by atoms with Gasteiger partial charge in [-0.05, 0) is 17.7 Å². The van der Waals surface area contributed by atoms with E-state index >= 15 is 0 Å². The lowest BCUT2D eigenvalue weighted by molar-refractivity contribution is -0.167. The molecule has 0 aliphatic heterocycles. The van der Waals surface area contributed by atoms with Gasteiger partial charge in [-0.1, -0.05) is 6.07 Å². The average molecular weight is 237 g/mol. The number of halogens is 4. The van der Waals surface area contributed by atoms with E-state index in [0.29, 0.717) is 0 Å². The third kappa shape index (κ3) is 2.93. The second kappa shape index (κ2) is 4.48. The van der Waals surface area contributed by atoms with Crippen molar-refractivity contribution in [2.24, 2.45) is 0 Å². The first-order chi connectivity index (χ1) is 7.34. The number of nitrogens with one attached hydrogen (secondary N) is 1. The summed E-state index contributed by atoms with van der Waals surface area (Å²) in [5.41, 5.74) is -0.423. The highest BCUT2D eigenvalue weighted by molar-refractivity contribution is 5.95. The molecule has 0 spiro atoms. The molecule has 0 aromatic heterocycles. The van der Waals surface area contributed by atoms with Crippen molar-refractivity contribution in [2.45, 2.75) is 12.8 Å². The minimum absolute atomic E-state index is 0.193. The fourth-order valence-electron chi connectivity index (χ4n) is 0.960. The Balaban J connectivity index is 2.92. The van der Waals surface area contributed by atoms with Gasteiger partial charge in [-0.3, -0.25) is 4.79 Å². The maximum absolute atomic E-state index is 13.0. The second-order valence-electron chi connectivity index (χ2n) is 2.92. The van der Waals surface area contributed by atoms with Gasteiger partial charge in [0.05, 0.1) is 12.3 Å².